The van der Waals surface area contributed by atoms with Crippen LogP contribution in [0.4, 0.5) is 0 Å². The Balaban J connectivity index is 2.34. The Kier molecular flexibility index (Phi) is 3.50. The van der Waals surface area contributed by atoms with E-state index in [1.54, 1.807) is 0 Å². The second-order valence-electron chi connectivity index (χ2n) is 5.46. The first-order valence-corrected chi connectivity index (χ1v) is 6.92. The third-order valence-corrected chi connectivity index (χ3v) is 4.21. The molecule has 3 heteroatoms. The Morgan fingerprint density at radius 2 is 2.06 bits per heavy atom. The van der Waals surface area contributed by atoms with Gasteiger partial charge in [0.25, 0.3) is 0 Å². The molecule has 2 nitrogen and oxygen atoms in total. The van der Waals surface area contributed by atoms with Gasteiger partial charge in [-0.05, 0) is 37.1 Å². The highest BCUT2D eigenvalue weighted by Gasteiger charge is 2.18. The average Bonchev–Trinajstić information content (AvgIpc) is 2.68. The van der Waals surface area contributed by atoms with Crippen LogP contribution in [0.3, 0.4) is 0 Å². The van der Waals surface area contributed by atoms with Gasteiger partial charge in [-0.3, -0.25) is 0 Å². The van der Waals surface area contributed by atoms with Crippen molar-refractivity contribution >= 4 is 21.6 Å². The maximum atomic E-state index is 5.54. The Morgan fingerprint density at radius 1 is 1.29 bits per heavy atom. The van der Waals surface area contributed by atoms with Gasteiger partial charge in [-0.15, -0.1) is 11.3 Å². The molecule has 17 heavy (non-hydrogen) atoms. The molecule has 0 saturated heterocycles. The van der Waals surface area contributed by atoms with Gasteiger partial charge in [0.15, 0.2) is 0 Å². The standard InChI is InChI=1S/C14H20N2S/c1-14(2,3)13-16-11-7-6-10(5-4-8-15)9-12(11)17-13/h6-7,9H,4-5,8,15H2,1-3H3. The quantitative estimate of drug-likeness (QED) is 0.903. The largest absolute Gasteiger partial charge is 0.330 e. The summed E-state index contributed by atoms with van der Waals surface area (Å²) in [5.74, 6) is 0. The van der Waals surface area contributed by atoms with Crippen LogP contribution in [-0.2, 0) is 11.8 Å². The van der Waals surface area contributed by atoms with E-state index in [0.717, 1.165) is 24.9 Å². The number of benzene rings is 1. The number of fused-ring (bicyclic) bond motifs is 1. The van der Waals surface area contributed by atoms with Crippen LogP contribution < -0.4 is 5.73 Å². The van der Waals surface area contributed by atoms with Gasteiger partial charge >= 0.3 is 0 Å². The number of hydrogen-bond donors (Lipinski definition) is 1. The summed E-state index contributed by atoms with van der Waals surface area (Å²) in [7, 11) is 0. The lowest BCUT2D eigenvalue weighted by molar-refractivity contribution is 0.587. The third-order valence-electron chi connectivity index (χ3n) is 2.76. The molecule has 0 bridgehead atoms. The van der Waals surface area contributed by atoms with Crippen molar-refractivity contribution in [2.75, 3.05) is 6.54 Å². The molecule has 2 rings (SSSR count). The van der Waals surface area contributed by atoms with Gasteiger partial charge in [0.2, 0.25) is 0 Å². The zero-order valence-corrected chi connectivity index (χ0v) is 11.6. The molecule has 1 aromatic carbocycles. The molecule has 0 aliphatic heterocycles. The van der Waals surface area contributed by atoms with Crippen LogP contribution in [0, 0.1) is 0 Å². The van der Waals surface area contributed by atoms with Crippen LogP contribution in [-0.4, -0.2) is 11.5 Å². The normalized spacial score (nSPS) is 12.2. The van der Waals surface area contributed by atoms with Crippen molar-refractivity contribution in [2.45, 2.75) is 39.0 Å². The van der Waals surface area contributed by atoms with E-state index in [1.165, 1.54) is 15.3 Å². The van der Waals surface area contributed by atoms with Crippen LogP contribution in [0.25, 0.3) is 10.2 Å². The van der Waals surface area contributed by atoms with Crippen molar-refractivity contribution in [3.05, 3.63) is 28.8 Å². The van der Waals surface area contributed by atoms with Crippen LogP contribution in [0.1, 0.15) is 37.8 Å². The number of nitrogens with two attached hydrogens (primary N) is 1. The third kappa shape index (κ3) is 2.85. The molecule has 0 saturated carbocycles. The molecule has 0 radical (unpaired) electrons. The number of hydrogen-bond acceptors (Lipinski definition) is 3. The molecule has 0 aliphatic rings. The SMILES string of the molecule is CC(C)(C)c1nc2ccc(CCCN)cc2s1. The lowest BCUT2D eigenvalue weighted by Crippen LogP contribution is -2.09. The van der Waals surface area contributed by atoms with Crippen LogP contribution in [0.15, 0.2) is 18.2 Å². The summed E-state index contributed by atoms with van der Waals surface area (Å²) in [6, 6.07) is 6.56. The predicted octanol–water partition coefficient (Wildman–Crippen LogP) is 3.49. The van der Waals surface area contributed by atoms with E-state index in [-0.39, 0.29) is 5.41 Å². The lowest BCUT2D eigenvalue weighted by Gasteiger charge is -2.13. The second kappa shape index (κ2) is 4.75. The number of aromatic nitrogens is 1. The molecule has 0 aliphatic carbocycles. The van der Waals surface area contributed by atoms with Crippen molar-refractivity contribution in [3.63, 3.8) is 0 Å². The minimum absolute atomic E-state index is 0.140. The van der Waals surface area contributed by atoms with Crippen molar-refractivity contribution in [2.24, 2.45) is 5.73 Å². The van der Waals surface area contributed by atoms with E-state index in [9.17, 15) is 0 Å². The van der Waals surface area contributed by atoms with Crippen LogP contribution in [0.5, 0.6) is 0 Å². The molecule has 1 heterocycles. The molecule has 2 aromatic rings. The molecule has 92 valence electrons. The molecular formula is C14H20N2S. The highest BCUT2D eigenvalue weighted by Crippen LogP contribution is 2.31. The summed E-state index contributed by atoms with van der Waals surface area (Å²) in [5, 5.41) is 1.21. The smallest absolute Gasteiger partial charge is 0.0992 e. The molecule has 0 fully saturated rings. The molecule has 0 amide bonds. The highest BCUT2D eigenvalue weighted by atomic mass is 32.1. The highest BCUT2D eigenvalue weighted by molar-refractivity contribution is 7.18. The molecule has 1 aromatic heterocycles. The number of thiazole rings is 1. The van der Waals surface area contributed by atoms with Gasteiger partial charge in [0, 0.05) is 5.41 Å². The van der Waals surface area contributed by atoms with Crippen molar-refractivity contribution in [1.82, 2.24) is 4.98 Å². The van der Waals surface area contributed by atoms with Gasteiger partial charge in [0.05, 0.1) is 15.2 Å². The molecular weight excluding hydrogens is 228 g/mol. The number of rotatable bonds is 3. The van der Waals surface area contributed by atoms with Gasteiger partial charge < -0.3 is 5.73 Å². The maximum absolute atomic E-state index is 5.54. The van der Waals surface area contributed by atoms with Crippen LogP contribution >= 0.6 is 11.3 Å². The van der Waals surface area contributed by atoms with E-state index >= 15 is 0 Å². The fourth-order valence-corrected chi connectivity index (χ4v) is 2.84. The summed E-state index contributed by atoms with van der Waals surface area (Å²) < 4.78 is 1.30. The van der Waals surface area contributed by atoms with Gasteiger partial charge in [-0.1, -0.05) is 26.8 Å². The maximum Gasteiger partial charge on any atom is 0.0992 e. The summed E-state index contributed by atoms with van der Waals surface area (Å²) in [5.41, 5.74) is 8.17. The van der Waals surface area contributed by atoms with Gasteiger partial charge in [0.1, 0.15) is 0 Å². The van der Waals surface area contributed by atoms with E-state index in [2.05, 4.69) is 39.0 Å². The van der Waals surface area contributed by atoms with Gasteiger partial charge in [-0.2, -0.15) is 0 Å². The van der Waals surface area contributed by atoms with E-state index in [4.69, 9.17) is 10.7 Å². The summed E-state index contributed by atoms with van der Waals surface area (Å²) in [6.07, 6.45) is 2.12. The minimum atomic E-state index is 0.140. The summed E-state index contributed by atoms with van der Waals surface area (Å²) >= 11 is 1.81. The van der Waals surface area contributed by atoms with E-state index in [0.29, 0.717) is 0 Å². The zero-order valence-electron chi connectivity index (χ0n) is 10.8. The van der Waals surface area contributed by atoms with Gasteiger partial charge in [-0.25, -0.2) is 4.98 Å². The first kappa shape index (κ1) is 12.5. The minimum Gasteiger partial charge on any atom is -0.330 e. The summed E-state index contributed by atoms with van der Waals surface area (Å²) in [4.78, 5) is 4.70. The van der Waals surface area contributed by atoms with Crippen molar-refractivity contribution in [3.8, 4) is 0 Å². The molecule has 2 N–H and O–H groups in total. The number of aryl methyl sites for hydroxylation is 1. The fourth-order valence-electron chi connectivity index (χ4n) is 1.75. The molecule has 0 unspecified atom stereocenters. The zero-order chi connectivity index (χ0) is 12.5. The molecule has 0 atom stereocenters. The fraction of sp³-hybridized carbons (Fsp3) is 0.500. The topological polar surface area (TPSA) is 38.9 Å². The van der Waals surface area contributed by atoms with E-state index < -0.39 is 0 Å². The molecule has 0 spiro atoms. The van der Waals surface area contributed by atoms with Crippen molar-refractivity contribution < 1.29 is 0 Å². The monoisotopic (exact) mass is 248 g/mol. The Bertz CT molecular complexity index is 508. The predicted molar refractivity (Wildman–Crippen MR) is 75.7 cm³/mol. The average molecular weight is 248 g/mol. The number of nitrogens with zero attached hydrogens (tertiary/aromatic N) is 1. The Morgan fingerprint density at radius 3 is 2.71 bits per heavy atom. The Hall–Kier alpha value is -0.930. The first-order valence-electron chi connectivity index (χ1n) is 6.11. The Labute approximate surface area is 107 Å². The van der Waals surface area contributed by atoms with Crippen LogP contribution in [0.2, 0.25) is 0 Å². The summed E-state index contributed by atoms with van der Waals surface area (Å²) in [6.45, 7) is 7.38. The van der Waals surface area contributed by atoms with Crippen molar-refractivity contribution in [1.29, 1.82) is 0 Å². The lowest BCUT2D eigenvalue weighted by atomic mass is 9.98. The first-order chi connectivity index (χ1) is 8.00. The van der Waals surface area contributed by atoms with E-state index in [1.807, 2.05) is 11.3 Å². The second-order valence-corrected chi connectivity index (χ2v) is 6.49.